The van der Waals surface area contributed by atoms with Crippen LogP contribution in [-0.2, 0) is 11.2 Å². The highest BCUT2D eigenvalue weighted by Gasteiger charge is 2.22. The minimum absolute atomic E-state index is 0.348. The zero-order chi connectivity index (χ0) is 18.1. The number of methoxy groups -OCH3 is 2. The number of fused-ring (bicyclic) bond motifs is 3. The molecule has 1 heterocycles. The van der Waals surface area contributed by atoms with Gasteiger partial charge in [-0.15, -0.1) is 0 Å². The summed E-state index contributed by atoms with van der Waals surface area (Å²) in [6.07, 6.45) is 0.622. The lowest BCUT2D eigenvalue weighted by molar-refractivity contribution is 0.0602. The van der Waals surface area contributed by atoms with E-state index in [1.165, 1.54) is 7.11 Å². The first kappa shape index (κ1) is 16.2. The molecule has 0 aliphatic carbocycles. The maximum absolute atomic E-state index is 12.6. The van der Waals surface area contributed by atoms with Crippen LogP contribution in [0.1, 0.15) is 21.6 Å². The molecule has 0 spiro atoms. The van der Waals surface area contributed by atoms with Gasteiger partial charge < -0.3 is 14.5 Å². The van der Waals surface area contributed by atoms with Crippen LogP contribution in [-0.4, -0.2) is 25.2 Å². The van der Waals surface area contributed by atoms with E-state index in [1.54, 1.807) is 7.11 Å². The molecule has 4 rings (SSSR count). The number of aromatic nitrogens is 1. The number of esters is 1. The van der Waals surface area contributed by atoms with Crippen molar-refractivity contribution in [2.24, 2.45) is 0 Å². The Bertz CT molecular complexity index is 1100. The first-order valence-electron chi connectivity index (χ1n) is 8.45. The fraction of sp³-hybridized carbons (Fsp3) is 0.136. The molecule has 0 bridgehead atoms. The molecule has 0 aliphatic heterocycles. The molecule has 0 fully saturated rings. The van der Waals surface area contributed by atoms with Gasteiger partial charge in [0.05, 0.1) is 25.3 Å². The molecule has 0 saturated heterocycles. The maximum atomic E-state index is 12.6. The number of carbonyl (C=O) groups is 1. The Morgan fingerprint density at radius 3 is 2.31 bits per heavy atom. The van der Waals surface area contributed by atoms with E-state index in [0.717, 1.165) is 38.7 Å². The molecular formula is C22H19NO3. The van der Waals surface area contributed by atoms with E-state index in [1.807, 2.05) is 60.7 Å². The molecule has 0 unspecified atom stereocenters. The number of rotatable bonds is 4. The third-order valence-electron chi connectivity index (χ3n) is 4.69. The van der Waals surface area contributed by atoms with Crippen molar-refractivity contribution in [1.82, 2.24) is 4.98 Å². The number of benzene rings is 3. The molecule has 4 nitrogen and oxygen atoms in total. The van der Waals surface area contributed by atoms with Crippen molar-refractivity contribution in [2.75, 3.05) is 14.2 Å². The van der Waals surface area contributed by atoms with Crippen LogP contribution in [0.3, 0.4) is 0 Å². The van der Waals surface area contributed by atoms with Gasteiger partial charge >= 0.3 is 5.97 Å². The smallest absolute Gasteiger partial charge is 0.340 e. The van der Waals surface area contributed by atoms with Crippen LogP contribution < -0.4 is 4.74 Å². The lowest BCUT2D eigenvalue weighted by atomic mass is 10.0. The molecule has 4 heteroatoms. The van der Waals surface area contributed by atoms with Gasteiger partial charge in [0.2, 0.25) is 0 Å². The number of ether oxygens (including phenoxy) is 2. The predicted octanol–water partition coefficient (Wildman–Crippen LogP) is 4.71. The third-order valence-corrected chi connectivity index (χ3v) is 4.69. The van der Waals surface area contributed by atoms with Gasteiger partial charge in [0.15, 0.2) is 0 Å². The van der Waals surface area contributed by atoms with Gasteiger partial charge in [-0.05, 0) is 11.6 Å². The molecule has 1 N–H and O–H groups in total. The van der Waals surface area contributed by atoms with Crippen LogP contribution in [0.5, 0.6) is 5.75 Å². The molecule has 1 aromatic heterocycles. The Morgan fingerprint density at radius 1 is 0.923 bits per heavy atom. The van der Waals surface area contributed by atoms with Crippen LogP contribution in [0.15, 0.2) is 60.7 Å². The van der Waals surface area contributed by atoms with Crippen molar-refractivity contribution < 1.29 is 14.3 Å². The second kappa shape index (κ2) is 6.56. The van der Waals surface area contributed by atoms with Crippen LogP contribution in [0, 0.1) is 0 Å². The van der Waals surface area contributed by atoms with Crippen molar-refractivity contribution in [2.45, 2.75) is 6.42 Å². The van der Waals surface area contributed by atoms with E-state index >= 15 is 0 Å². The zero-order valence-corrected chi connectivity index (χ0v) is 14.7. The first-order chi connectivity index (χ1) is 12.7. The summed E-state index contributed by atoms with van der Waals surface area (Å²) < 4.78 is 10.6. The molecule has 0 saturated carbocycles. The summed E-state index contributed by atoms with van der Waals surface area (Å²) >= 11 is 0. The van der Waals surface area contributed by atoms with Gasteiger partial charge in [-0.25, -0.2) is 4.79 Å². The molecular weight excluding hydrogens is 326 g/mol. The molecule has 0 atom stereocenters. The average Bonchev–Trinajstić information content (AvgIpc) is 3.05. The summed E-state index contributed by atoms with van der Waals surface area (Å²) in [6.45, 7) is 0. The minimum atomic E-state index is -0.348. The second-order valence-corrected chi connectivity index (χ2v) is 6.18. The van der Waals surface area contributed by atoms with E-state index in [4.69, 9.17) is 9.47 Å². The standard InChI is InChI=1S/C22H19NO3/c1-25-19-13-17-20(22(24)26-2)18(12-14-8-4-3-5-9-14)23-21(17)16-11-7-6-10-15(16)19/h3-11,13,23H,12H2,1-2H3. The highest BCUT2D eigenvalue weighted by molar-refractivity contribution is 6.16. The van der Waals surface area contributed by atoms with Crippen LogP contribution in [0.4, 0.5) is 0 Å². The summed E-state index contributed by atoms with van der Waals surface area (Å²) in [5.41, 5.74) is 3.46. The van der Waals surface area contributed by atoms with Crippen LogP contribution in [0.25, 0.3) is 21.7 Å². The van der Waals surface area contributed by atoms with E-state index in [0.29, 0.717) is 12.0 Å². The Morgan fingerprint density at radius 2 is 1.62 bits per heavy atom. The van der Waals surface area contributed by atoms with E-state index in [2.05, 4.69) is 4.98 Å². The van der Waals surface area contributed by atoms with Crippen LogP contribution in [0.2, 0.25) is 0 Å². The van der Waals surface area contributed by atoms with Gasteiger partial charge in [0.1, 0.15) is 5.75 Å². The number of carbonyl (C=O) groups excluding carboxylic acids is 1. The Hall–Kier alpha value is -3.27. The van der Waals surface area contributed by atoms with E-state index in [9.17, 15) is 4.79 Å². The number of hydrogen-bond acceptors (Lipinski definition) is 3. The average molecular weight is 345 g/mol. The zero-order valence-electron chi connectivity index (χ0n) is 14.7. The summed E-state index contributed by atoms with van der Waals surface area (Å²) in [6, 6.07) is 20.0. The quantitative estimate of drug-likeness (QED) is 0.545. The largest absolute Gasteiger partial charge is 0.496 e. The summed E-state index contributed by atoms with van der Waals surface area (Å²) in [5.74, 6) is 0.392. The van der Waals surface area contributed by atoms with Gasteiger partial charge in [-0.3, -0.25) is 0 Å². The molecule has 0 radical (unpaired) electrons. The van der Waals surface area contributed by atoms with Gasteiger partial charge in [-0.1, -0.05) is 54.6 Å². The van der Waals surface area contributed by atoms with Gasteiger partial charge in [0, 0.05) is 28.3 Å². The molecule has 130 valence electrons. The molecule has 0 amide bonds. The Labute approximate surface area is 151 Å². The van der Waals surface area contributed by atoms with E-state index in [-0.39, 0.29) is 5.97 Å². The summed E-state index contributed by atoms with van der Waals surface area (Å²) in [5, 5.41) is 2.84. The second-order valence-electron chi connectivity index (χ2n) is 6.18. The number of nitrogens with one attached hydrogen (secondary N) is 1. The van der Waals surface area contributed by atoms with Crippen molar-refractivity contribution >= 4 is 27.6 Å². The third kappa shape index (κ3) is 2.60. The van der Waals surface area contributed by atoms with Gasteiger partial charge in [0.25, 0.3) is 0 Å². The fourth-order valence-electron chi connectivity index (χ4n) is 3.49. The topological polar surface area (TPSA) is 51.3 Å². The number of H-pyrrole nitrogens is 1. The fourth-order valence-corrected chi connectivity index (χ4v) is 3.49. The van der Waals surface area contributed by atoms with Gasteiger partial charge in [-0.2, -0.15) is 0 Å². The number of hydrogen-bond donors (Lipinski definition) is 1. The predicted molar refractivity (Wildman–Crippen MR) is 103 cm³/mol. The molecule has 26 heavy (non-hydrogen) atoms. The number of aromatic amines is 1. The highest BCUT2D eigenvalue weighted by Crippen LogP contribution is 2.36. The summed E-state index contributed by atoms with van der Waals surface area (Å²) in [7, 11) is 3.05. The van der Waals surface area contributed by atoms with Crippen molar-refractivity contribution in [3.05, 3.63) is 77.5 Å². The minimum Gasteiger partial charge on any atom is -0.496 e. The first-order valence-corrected chi connectivity index (χ1v) is 8.45. The molecule has 4 aromatic rings. The molecule has 0 aliphatic rings. The maximum Gasteiger partial charge on any atom is 0.340 e. The molecule has 3 aromatic carbocycles. The lowest BCUT2D eigenvalue weighted by Crippen LogP contribution is -2.05. The lowest BCUT2D eigenvalue weighted by Gasteiger charge is -2.07. The Kier molecular flexibility index (Phi) is 4.09. The SMILES string of the molecule is COC(=O)c1c(Cc2ccccc2)[nH]c2c1cc(OC)c1ccccc12. The van der Waals surface area contributed by atoms with Crippen LogP contribution >= 0.6 is 0 Å². The van der Waals surface area contributed by atoms with E-state index < -0.39 is 0 Å². The van der Waals surface area contributed by atoms with Crippen molar-refractivity contribution in [3.63, 3.8) is 0 Å². The van der Waals surface area contributed by atoms with Crippen molar-refractivity contribution in [3.8, 4) is 5.75 Å². The monoisotopic (exact) mass is 345 g/mol. The highest BCUT2D eigenvalue weighted by atomic mass is 16.5. The summed E-state index contributed by atoms with van der Waals surface area (Å²) in [4.78, 5) is 16.0. The normalized spacial score (nSPS) is 11.0. The Balaban J connectivity index is 2.02. The van der Waals surface area contributed by atoms with Crippen molar-refractivity contribution in [1.29, 1.82) is 0 Å².